The van der Waals surface area contributed by atoms with Gasteiger partial charge in [-0.3, -0.25) is 23.5 Å². The van der Waals surface area contributed by atoms with Gasteiger partial charge in [0.2, 0.25) is 11.6 Å². The number of ether oxygens (including phenoxy) is 2. The van der Waals surface area contributed by atoms with Gasteiger partial charge in [0.1, 0.15) is 36.3 Å². The number of fused-ring (bicyclic) bond motifs is 2. The number of aliphatic hydroxyl groups is 1. The Balaban J connectivity index is 1.22. The second-order valence-corrected chi connectivity index (χ2v) is 15.7. The van der Waals surface area contributed by atoms with E-state index in [1.54, 1.807) is 0 Å². The topological polar surface area (TPSA) is 263 Å². The number of hydrogen-bond acceptors (Lipinski definition) is 16. The zero-order chi connectivity index (χ0) is 32.2. The van der Waals surface area contributed by atoms with Crippen molar-refractivity contribution in [2.45, 2.75) is 49.2 Å². The summed E-state index contributed by atoms with van der Waals surface area (Å²) in [4.78, 5) is 43.9. The van der Waals surface area contributed by atoms with Crippen LogP contribution in [0, 0.1) is 0 Å². The molecule has 6 heterocycles. The van der Waals surface area contributed by atoms with Crippen LogP contribution in [0.3, 0.4) is 0 Å². The summed E-state index contributed by atoms with van der Waals surface area (Å²) < 4.78 is 73.0. The average molecular weight is 713 g/mol. The fourth-order valence-electron chi connectivity index (χ4n) is 5.02. The number of nitrogens with zero attached hydrogens (tertiary/aromatic N) is 7. The highest BCUT2D eigenvalue weighted by atomic mass is 32.9. The number of nitrogens with one attached hydrogen (secondary N) is 1. The van der Waals surface area contributed by atoms with Crippen molar-refractivity contribution in [2.75, 3.05) is 24.7 Å². The van der Waals surface area contributed by atoms with E-state index in [1.165, 1.54) is 15.5 Å². The Hall–Kier alpha value is -2.69. The van der Waals surface area contributed by atoms with Crippen molar-refractivity contribution in [3.8, 4) is 0 Å². The first kappa shape index (κ1) is 32.3. The van der Waals surface area contributed by atoms with Gasteiger partial charge in [-0.05, 0) is 11.8 Å². The van der Waals surface area contributed by atoms with Gasteiger partial charge in [-0.1, -0.05) is 12.2 Å². The number of halogens is 2. The minimum absolute atomic E-state index is 0.0340. The Labute approximate surface area is 260 Å². The number of nitrogen functional groups attached to an aromatic ring is 2. The number of nitrogens with two attached hydrogens (primary N) is 2. The summed E-state index contributed by atoms with van der Waals surface area (Å²) in [5.41, 5.74) is 7.15. The van der Waals surface area contributed by atoms with Crippen molar-refractivity contribution in [3.63, 3.8) is 0 Å². The van der Waals surface area contributed by atoms with Gasteiger partial charge in [0.15, 0.2) is 47.4 Å². The standard InChI is InChI=1S/C20H24F2N10O9P2S2/c21-8-6(1-33)38-19(32-5-28-11-16(32)29-20(24)30-17(11)34)13(8)41-43(44,45)37-2-7-12(40-42(35)36)9(22)18(39-7)31-4-27-10-14(23)25-3-26-15(10)31/h3-9,12-13,18-19,33,42H,1-2H2,(H,35,36)(H,44,45)(H2,23,25,26)(H3,24,29,30,34)/t6-,7-,8-,9+,12-,13-,18-,19-/m1/s1. The normalized spacial score (nSPS) is 30.7. The molecule has 244 valence electrons. The summed E-state index contributed by atoms with van der Waals surface area (Å²) >= 11 is 9.68. The van der Waals surface area contributed by atoms with Gasteiger partial charge in [0, 0.05) is 0 Å². The van der Waals surface area contributed by atoms with E-state index < -0.39 is 81.9 Å². The lowest BCUT2D eigenvalue weighted by Crippen LogP contribution is -2.33. The fourth-order valence-corrected chi connectivity index (χ4v) is 7.47. The zero-order valence-electron chi connectivity index (χ0n) is 22.4. The number of hydrogen-bond donors (Lipinski definition) is 6. The molecule has 0 aromatic carbocycles. The molecule has 2 unspecified atom stereocenters. The van der Waals surface area contributed by atoms with Crippen molar-refractivity contribution in [2.24, 2.45) is 0 Å². The highest BCUT2D eigenvalue weighted by Gasteiger charge is 2.51. The second kappa shape index (κ2) is 12.5. The molecule has 0 saturated carbocycles. The first-order valence-electron chi connectivity index (χ1n) is 12.8. The van der Waals surface area contributed by atoms with E-state index in [2.05, 4.69) is 42.2 Å². The van der Waals surface area contributed by atoms with Crippen LogP contribution >= 0.6 is 26.2 Å². The van der Waals surface area contributed by atoms with Crippen LogP contribution < -0.4 is 17.0 Å². The summed E-state index contributed by atoms with van der Waals surface area (Å²) in [6.45, 7) is -1.33. The molecule has 4 aromatic rings. The smallest absolute Gasteiger partial charge is 0.317 e. The van der Waals surface area contributed by atoms with Crippen molar-refractivity contribution >= 4 is 72.1 Å². The third-order valence-corrected chi connectivity index (χ3v) is 9.65. The Bertz CT molecular complexity index is 1870. The molecule has 0 bridgehead atoms. The van der Waals surface area contributed by atoms with Gasteiger partial charge in [-0.15, -0.1) is 0 Å². The van der Waals surface area contributed by atoms with E-state index in [-0.39, 0.29) is 34.1 Å². The fraction of sp³-hybridized carbons (Fsp3) is 0.500. The molecule has 2 aliphatic rings. The monoisotopic (exact) mass is 712 g/mol. The van der Waals surface area contributed by atoms with E-state index in [9.17, 15) is 19.4 Å². The molecule has 0 aliphatic carbocycles. The van der Waals surface area contributed by atoms with E-state index in [4.69, 9.17) is 46.3 Å². The maximum atomic E-state index is 15.7. The first-order valence-corrected chi connectivity index (χ1v) is 17.8. The molecule has 25 heteroatoms. The molecule has 2 saturated heterocycles. The lowest BCUT2D eigenvalue weighted by Gasteiger charge is -2.27. The number of aromatic nitrogens is 8. The van der Waals surface area contributed by atoms with Crippen LogP contribution in [-0.4, -0.2) is 99.0 Å². The summed E-state index contributed by atoms with van der Waals surface area (Å²) in [6, 6.07) is 0. The highest BCUT2D eigenvalue weighted by Crippen LogP contribution is 2.58. The minimum Gasteiger partial charge on any atom is -0.394 e. The Kier molecular flexibility index (Phi) is 8.95. The lowest BCUT2D eigenvalue weighted by atomic mass is 10.1. The molecule has 7 N–H and O–H groups in total. The number of anilines is 2. The van der Waals surface area contributed by atoms with Crippen LogP contribution in [-0.2, 0) is 39.4 Å². The lowest BCUT2D eigenvalue weighted by molar-refractivity contribution is -0.0497. The maximum absolute atomic E-state index is 15.7. The summed E-state index contributed by atoms with van der Waals surface area (Å²) in [6.07, 6.45) is -9.26. The second-order valence-electron chi connectivity index (χ2n) is 9.74. The average Bonchev–Trinajstić information content (AvgIpc) is 3.73. The third kappa shape index (κ3) is 6.10. The molecule has 0 spiro atoms. The molecule has 0 amide bonds. The summed E-state index contributed by atoms with van der Waals surface area (Å²) in [5, 5.41) is 9.69. The number of rotatable bonds is 10. The quantitative estimate of drug-likeness (QED) is 0.0927. The number of alkyl halides is 2. The van der Waals surface area contributed by atoms with E-state index in [1.807, 2.05) is 0 Å². The van der Waals surface area contributed by atoms with Crippen LogP contribution in [0.15, 0.2) is 23.8 Å². The number of imidazole rings is 2. The Morgan fingerprint density at radius 2 is 1.76 bits per heavy atom. The maximum Gasteiger partial charge on any atom is 0.317 e. The number of H-pyrrole nitrogens is 1. The largest absolute Gasteiger partial charge is 0.394 e. The summed E-state index contributed by atoms with van der Waals surface area (Å²) in [5.74, 6) is -0.211. The number of aromatic amines is 1. The predicted octanol–water partition coefficient (Wildman–Crippen LogP) is -0.0895. The molecule has 10 atom stereocenters. The van der Waals surface area contributed by atoms with E-state index >= 15 is 8.78 Å². The third-order valence-electron chi connectivity index (χ3n) is 6.99. The molecule has 45 heavy (non-hydrogen) atoms. The van der Waals surface area contributed by atoms with Crippen molar-refractivity contribution in [1.29, 1.82) is 0 Å². The number of aliphatic hydroxyl groups excluding tert-OH is 1. The van der Waals surface area contributed by atoms with Gasteiger partial charge in [-0.25, -0.2) is 28.7 Å². The zero-order valence-corrected chi connectivity index (χ0v) is 26.0. The van der Waals surface area contributed by atoms with Gasteiger partial charge in [-0.2, -0.15) is 4.98 Å². The van der Waals surface area contributed by atoms with Gasteiger partial charge in [0.05, 0.1) is 25.9 Å². The van der Waals surface area contributed by atoms with Gasteiger partial charge in [0.25, 0.3) is 5.56 Å². The molecule has 2 aliphatic heterocycles. The molecule has 19 nitrogen and oxygen atoms in total. The van der Waals surface area contributed by atoms with Crippen molar-refractivity contribution < 1.29 is 46.4 Å². The van der Waals surface area contributed by atoms with Crippen LogP contribution in [0.1, 0.15) is 12.5 Å². The van der Waals surface area contributed by atoms with Crippen LogP contribution in [0.2, 0.25) is 0 Å². The van der Waals surface area contributed by atoms with Gasteiger partial charge < -0.3 is 44.5 Å². The van der Waals surface area contributed by atoms with Crippen molar-refractivity contribution in [3.05, 3.63) is 29.3 Å². The first-order chi connectivity index (χ1) is 21.4. The SMILES string of the molecule is Nc1nc2c(ncn2[C@@H]2O[C@H](CO)[C@@H](F)[C@H]2OP(=S)(S)OC[C@H]2O[C@@H](n3cnc4c(N)ncnc43)[C@@H](F)[C@@H]2O[PH](=O)O)c(=O)[nH]1. The van der Waals surface area contributed by atoms with E-state index in [0.29, 0.717) is 0 Å². The summed E-state index contributed by atoms with van der Waals surface area (Å²) in [7, 11) is -3.67. The molecular formula is C20H24F2N10O9P2S2. The van der Waals surface area contributed by atoms with E-state index in [0.717, 1.165) is 12.7 Å². The molecular weight excluding hydrogens is 688 g/mol. The highest BCUT2D eigenvalue weighted by molar-refractivity contribution is 8.60. The Morgan fingerprint density at radius 3 is 2.47 bits per heavy atom. The number of thiol groups is 1. The van der Waals surface area contributed by atoms with Crippen LogP contribution in [0.4, 0.5) is 20.5 Å². The van der Waals surface area contributed by atoms with Crippen LogP contribution in [0.25, 0.3) is 22.3 Å². The van der Waals surface area contributed by atoms with Crippen LogP contribution in [0.5, 0.6) is 0 Å². The molecule has 4 aromatic heterocycles. The molecule has 2 fully saturated rings. The Morgan fingerprint density at radius 1 is 1.07 bits per heavy atom. The van der Waals surface area contributed by atoms with Crippen molar-refractivity contribution in [1.82, 2.24) is 39.0 Å². The molecule has 0 radical (unpaired) electrons. The molecule has 6 rings (SSSR count). The minimum atomic E-state index is -3.76. The van der Waals surface area contributed by atoms with Gasteiger partial charge >= 0.3 is 8.25 Å². The predicted molar refractivity (Wildman–Crippen MR) is 157 cm³/mol.